The van der Waals surface area contributed by atoms with Crippen LogP contribution in [0.5, 0.6) is 0 Å². The second-order valence-corrected chi connectivity index (χ2v) is 6.94. The standard InChI is InChI=1S/C18H27N3O2/c1-13(22)10-18(2,3)12-21-17(23)19-9-8-14-11-20-16-7-5-4-6-15(14)16/h4-7,11,13,20,22H,8-10,12H2,1-3H3,(H2,19,21,23). The van der Waals surface area contributed by atoms with Crippen molar-refractivity contribution in [2.75, 3.05) is 13.1 Å². The quantitative estimate of drug-likeness (QED) is 0.634. The van der Waals surface area contributed by atoms with Crippen molar-refractivity contribution in [3.8, 4) is 0 Å². The van der Waals surface area contributed by atoms with Gasteiger partial charge in [-0.3, -0.25) is 0 Å². The van der Waals surface area contributed by atoms with E-state index in [0.717, 1.165) is 11.9 Å². The first kappa shape index (κ1) is 17.3. The molecule has 0 saturated carbocycles. The number of nitrogens with one attached hydrogen (secondary N) is 3. The van der Waals surface area contributed by atoms with Crippen LogP contribution in [-0.2, 0) is 6.42 Å². The van der Waals surface area contributed by atoms with E-state index in [0.29, 0.717) is 19.5 Å². The molecule has 4 N–H and O–H groups in total. The monoisotopic (exact) mass is 317 g/mol. The van der Waals surface area contributed by atoms with Crippen molar-refractivity contribution in [1.82, 2.24) is 15.6 Å². The third-order valence-electron chi connectivity index (χ3n) is 3.93. The molecular formula is C18H27N3O2. The Kier molecular flexibility index (Phi) is 5.66. The molecular weight excluding hydrogens is 290 g/mol. The number of H-pyrrole nitrogens is 1. The number of urea groups is 1. The van der Waals surface area contributed by atoms with E-state index in [4.69, 9.17) is 0 Å². The lowest BCUT2D eigenvalue weighted by molar-refractivity contribution is 0.129. The maximum Gasteiger partial charge on any atom is 0.314 e. The predicted octanol–water partition coefficient (Wildman–Crippen LogP) is 2.81. The van der Waals surface area contributed by atoms with Crippen LogP contribution in [0, 0.1) is 5.41 Å². The Morgan fingerprint density at radius 3 is 2.78 bits per heavy atom. The number of fused-ring (bicyclic) bond motifs is 1. The Morgan fingerprint density at radius 1 is 1.30 bits per heavy atom. The van der Waals surface area contributed by atoms with Crippen molar-refractivity contribution in [1.29, 1.82) is 0 Å². The minimum atomic E-state index is -0.364. The number of carbonyl (C=O) groups excluding carboxylic acids is 1. The number of carbonyl (C=O) groups is 1. The number of benzene rings is 1. The van der Waals surface area contributed by atoms with Crippen molar-refractivity contribution < 1.29 is 9.90 Å². The summed E-state index contributed by atoms with van der Waals surface area (Å²) < 4.78 is 0. The highest BCUT2D eigenvalue weighted by atomic mass is 16.3. The molecule has 0 aliphatic carbocycles. The molecule has 5 nitrogen and oxygen atoms in total. The molecule has 0 aliphatic heterocycles. The van der Waals surface area contributed by atoms with E-state index in [-0.39, 0.29) is 17.6 Å². The van der Waals surface area contributed by atoms with Crippen molar-refractivity contribution in [3.63, 3.8) is 0 Å². The zero-order valence-corrected chi connectivity index (χ0v) is 14.1. The molecule has 5 heteroatoms. The highest BCUT2D eigenvalue weighted by molar-refractivity contribution is 5.83. The first-order chi connectivity index (χ1) is 10.9. The molecule has 1 unspecified atom stereocenters. The predicted molar refractivity (Wildman–Crippen MR) is 93.5 cm³/mol. The topological polar surface area (TPSA) is 77.2 Å². The van der Waals surface area contributed by atoms with Gasteiger partial charge in [-0.15, -0.1) is 0 Å². The number of amides is 2. The van der Waals surface area contributed by atoms with Crippen LogP contribution in [0.25, 0.3) is 10.9 Å². The van der Waals surface area contributed by atoms with Crippen LogP contribution >= 0.6 is 0 Å². The van der Waals surface area contributed by atoms with Crippen LogP contribution in [0.3, 0.4) is 0 Å². The summed E-state index contributed by atoms with van der Waals surface area (Å²) in [4.78, 5) is 15.1. The molecule has 2 amide bonds. The molecule has 2 rings (SSSR count). The summed E-state index contributed by atoms with van der Waals surface area (Å²) in [6.45, 7) is 6.96. The average molecular weight is 317 g/mol. The van der Waals surface area contributed by atoms with Gasteiger partial charge in [-0.05, 0) is 36.8 Å². The summed E-state index contributed by atoms with van der Waals surface area (Å²) in [6.07, 6.45) is 3.07. The number of aliphatic hydroxyl groups excluding tert-OH is 1. The van der Waals surface area contributed by atoms with Crippen LogP contribution in [0.4, 0.5) is 4.79 Å². The molecule has 1 heterocycles. The van der Waals surface area contributed by atoms with E-state index in [1.807, 2.05) is 38.2 Å². The summed E-state index contributed by atoms with van der Waals surface area (Å²) in [5, 5.41) is 16.4. The van der Waals surface area contributed by atoms with Gasteiger partial charge in [0.25, 0.3) is 0 Å². The molecule has 0 saturated heterocycles. The smallest absolute Gasteiger partial charge is 0.314 e. The van der Waals surface area contributed by atoms with E-state index in [1.165, 1.54) is 10.9 Å². The number of aromatic amines is 1. The molecule has 0 fully saturated rings. The molecule has 23 heavy (non-hydrogen) atoms. The van der Waals surface area contributed by atoms with Gasteiger partial charge in [0.1, 0.15) is 0 Å². The fourth-order valence-electron chi connectivity index (χ4n) is 2.90. The van der Waals surface area contributed by atoms with Gasteiger partial charge in [0.05, 0.1) is 6.10 Å². The van der Waals surface area contributed by atoms with Gasteiger partial charge in [-0.1, -0.05) is 32.0 Å². The Labute approximate surface area is 137 Å². The van der Waals surface area contributed by atoms with Crippen LogP contribution in [0.2, 0.25) is 0 Å². The summed E-state index contributed by atoms with van der Waals surface area (Å²) in [6, 6.07) is 7.99. The number of hydrogen-bond acceptors (Lipinski definition) is 2. The maximum atomic E-state index is 11.9. The van der Waals surface area contributed by atoms with E-state index in [2.05, 4.69) is 21.7 Å². The van der Waals surface area contributed by atoms with Crippen molar-refractivity contribution >= 4 is 16.9 Å². The Bertz CT molecular complexity index is 647. The average Bonchev–Trinajstić information content (AvgIpc) is 2.88. The second kappa shape index (κ2) is 7.51. The number of aromatic nitrogens is 1. The zero-order chi connectivity index (χ0) is 16.9. The van der Waals surface area contributed by atoms with Gasteiger partial charge in [0.15, 0.2) is 0 Å². The van der Waals surface area contributed by atoms with Gasteiger partial charge < -0.3 is 20.7 Å². The number of para-hydroxylation sites is 1. The minimum absolute atomic E-state index is 0.123. The van der Waals surface area contributed by atoms with Crippen molar-refractivity contribution in [2.24, 2.45) is 5.41 Å². The highest BCUT2D eigenvalue weighted by Crippen LogP contribution is 2.21. The maximum absolute atomic E-state index is 11.9. The van der Waals surface area contributed by atoms with Gasteiger partial charge in [0, 0.05) is 30.2 Å². The molecule has 1 aromatic carbocycles. The summed E-state index contributed by atoms with van der Waals surface area (Å²) in [5.41, 5.74) is 2.20. The fraction of sp³-hybridized carbons (Fsp3) is 0.500. The lowest BCUT2D eigenvalue weighted by Crippen LogP contribution is -2.42. The van der Waals surface area contributed by atoms with E-state index < -0.39 is 0 Å². The van der Waals surface area contributed by atoms with Gasteiger partial charge >= 0.3 is 6.03 Å². The molecule has 2 aromatic rings. The highest BCUT2D eigenvalue weighted by Gasteiger charge is 2.20. The Morgan fingerprint density at radius 2 is 2.04 bits per heavy atom. The molecule has 126 valence electrons. The van der Waals surface area contributed by atoms with Crippen LogP contribution in [0.15, 0.2) is 30.5 Å². The molecule has 1 aromatic heterocycles. The Hall–Kier alpha value is -2.01. The molecule has 1 atom stereocenters. The van der Waals surface area contributed by atoms with Crippen LogP contribution in [0.1, 0.15) is 32.8 Å². The van der Waals surface area contributed by atoms with Crippen molar-refractivity contribution in [2.45, 2.75) is 39.7 Å². The number of aliphatic hydroxyl groups is 1. The van der Waals surface area contributed by atoms with Gasteiger partial charge in [0.2, 0.25) is 0 Å². The largest absolute Gasteiger partial charge is 0.393 e. The van der Waals surface area contributed by atoms with E-state index in [9.17, 15) is 9.90 Å². The Balaban J connectivity index is 1.75. The van der Waals surface area contributed by atoms with Gasteiger partial charge in [-0.2, -0.15) is 0 Å². The number of hydrogen-bond donors (Lipinski definition) is 4. The van der Waals surface area contributed by atoms with E-state index in [1.54, 1.807) is 6.92 Å². The molecule has 0 spiro atoms. The molecule has 0 bridgehead atoms. The van der Waals surface area contributed by atoms with Crippen LogP contribution in [-0.4, -0.2) is 35.3 Å². The minimum Gasteiger partial charge on any atom is -0.393 e. The second-order valence-electron chi connectivity index (χ2n) is 6.94. The lowest BCUT2D eigenvalue weighted by atomic mass is 9.87. The van der Waals surface area contributed by atoms with Crippen LogP contribution < -0.4 is 10.6 Å². The summed E-state index contributed by atoms with van der Waals surface area (Å²) >= 11 is 0. The lowest BCUT2D eigenvalue weighted by Gasteiger charge is -2.26. The third-order valence-corrected chi connectivity index (χ3v) is 3.93. The first-order valence-corrected chi connectivity index (χ1v) is 8.12. The summed E-state index contributed by atoms with van der Waals surface area (Å²) in [7, 11) is 0. The first-order valence-electron chi connectivity index (χ1n) is 8.12. The molecule has 0 radical (unpaired) electrons. The van der Waals surface area contributed by atoms with Gasteiger partial charge in [-0.25, -0.2) is 4.79 Å². The number of rotatable bonds is 7. The van der Waals surface area contributed by atoms with E-state index >= 15 is 0 Å². The normalized spacial score (nSPS) is 13.0. The van der Waals surface area contributed by atoms with Crippen molar-refractivity contribution in [3.05, 3.63) is 36.0 Å². The zero-order valence-electron chi connectivity index (χ0n) is 14.1. The molecule has 0 aliphatic rings. The SMILES string of the molecule is CC(O)CC(C)(C)CNC(=O)NCCc1c[nH]c2ccccc12. The fourth-order valence-corrected chi connectivity index (χ4v) is 2.90. The summed E-state index contributed by atoms with van der Waals surface area (Å²) in [5.74, 6) is 0. The third kappa shape index (κ3) is 5.28.